The van der Waals surface area contributed by atoms with E-state index in [4.69, 9.17) is 14.2 Å². The zero-order valence-corrected chi connectivity index (χ0v) is 16.8. The molecule has 0 spiro atoms. The van der Waals surface area contributed by atoms with Gasteiger partial charge in [-0.25, -0.2) is 4.39 Å². The van der Waals surface area contributed by atoms with Crippen LogP contribution in [0.25, 0.3) is 0 Å². The first kappa shape index (κ1) is 19.8. The summed E-state index contributed by atoms with van der Waals surface area (Å²) in [5.41, 5.74) is 0.851. The van der Waals surface area contributed by atoms with Crippen molar-refractivity contribution < 1.29 is 28.2 Å². The molecule has 0 radical (unpaired) electrons. The van der Waals surface area contributed by atoms with Crippen LogP contribution in [0.1, 0.15) is 31.2 Å². The van der Waals surface area contributed by atoms with E-state index in [0.29, 0.717) is 15.6 Å². The maximum absolute atomic E-state index is 13.3. The van der Waals surface area contributed by atoms with Crippen LogP contribution in [0.2, 0.25) is 0 Å². The summed E-state index contributed by atoms with van der Waals surface area (Å²) in [5.74, 6) is -0.892. The number of hydrogen-bond donors (Lipinski definition) is 0. The van der Waals surface area contributed by atoms with Crippen LogP contribution in [0.5, 0.6) is 11.5 Å². The lowest BCUT2D eigenvalue weighted by Crippen LogP contribution is -2.25. The first-order chi connectivity index (χ1) is 13.3. The summed E-state index contributed by atoms with van der Waals surface area (Å²) in [6, 6.07) is 8.79. The quantitative estimate of drug-likeness (QED) is 0.523. The van der Waals surface area contributed by atoms with E-state index in [2.05, 4.69) is 21.0 Å². The fraction of sp³-hybridized carbons (Fsp3) is 0.211. The third-order valence-corrected chi connectivity index (χ3v) is 4.30. The lowest BCUT2D eigenvalue weighted by atomic mass is 10.1. The van der Waals surface area contributed by atoms with E-state index in [0.717, 1.165) is 5.01 Å². The number of hydrogen-bond acceptors (Lipinski definition) is 6. The molecular formula is C19H16BrFN2O5. The minimum atomic E-state index is -0.886. The molecule has 1 aliphatic rings. The van der Waals surface area contributed by atoms with Crippen LogP contribution in [-0.2, 0) is 14.3 Å². The van der Waals surface area contributed by atoms with Gasteiger partial charge in [0.2, 0.25) is 18.0 Å². The molecule has 2 aromatic rings. The Hall–Kier alpha value is -2.94. The number of nitrogens with zero attached hydrogens (tertiary/aromatic N) is 2. The number of halogens is 2. The third-order valence-electron chi connectivity index (χ3n) is 3.84. The highest BCUT2D eigenvalue weighted by Gasteiger charge is 2.35. The zero-order valence-electron chi connectivity index (χ0n) is 15.2. The lowest BCUT2D eigenvalue weighted by Gasteiger charge is -2.19. The Balaban J connectivity index is 2.07. The van der Waals surface area contributed by atoms with E-state index >= 15 is 0 Å². The SMILES string of the molecule is COc1cc(Br)cc(C2=NN(C(C)=O)C(c3ccc(F)cc3)O2)c1OC(C)=O. The van der Waals surface area contributed by atoms with Crippen LogP contribution in [0.4, 0.5) is 4.39 Å². The number of esters is 1. The van der Waals surface area contributed by atoms with E-state index < -0.39 is 18.0 Å². The highest BCUT2D eigenvalue weighted by molar-refractivity contribution is 9.10. The van der Waals surface area contributed by atoms with Crippen molar-refractivity contribution in [3.63, 3.8) is 0 Å². The second kappa shape index (κ2) is 7.97. The largest absolute Gasteiger partial charge is 0.493 e. The van der Waals surface area contributed by atoms with Crippen molar-refractivity contribution >= 4 is 33.7 Å². The standard InChI is InChI=1S/C19H16BrFN2O5/c1-10(24)23-19(12-4-6-14(21)7-5-12)28-18(22-23)15-8-13(20)9-16(26-3)17(15)27-11(2)25/h4-9,19H,1-3H3. The van der Waals surface area contributed by atoms with Crippen molar-refractivity contribution in [3.05, 3.63) is 57.8 Å². The number of ether oxygens (including phenoxy) is 3. The maximum Gasteiger partial charge on any atom is 0.308 e. The van der Waals surface area contributed by atoms with Crippen molar-refractivity contribution in [1.29, 1.82) is 0 Å². The average Bonchev–Trinajstić information content (AvgIpc) is 3.08. The summed E-state index contributed by atoms with van der Waals surface area (Å²) < 4.78 is 30.3. The number of benzene rings is 2. The van der Waals surface area contributed by atoms with Crippen molar-refractivity contribution in [1.82, 2.24) is 5.01 Å². The molecule has 1 atom stereocenters. The normalized spacial score (nSPS) is 15.7. The van der Waals surface area contributed by atoms with E-state index in [1.165, 1.54) is 45.2 Å². The van der Waals surface area contributed by atoms with Gasteiger partial charge in [0.25, 0.3) is 0 Å². The Morgan fingerprint density at radius 1 is 1.21 bits per heavy atom. The number of methoxy groups -OCH3 is 1. The zero-order chi connectivity index (χ0) is 20.4. The molecule has 0 N–H and O–H groups in total. The summed E-state index contributed by atoms with van der Waals surface area (Å²) in [6.45, 7) is 2.59. The van der Waals surface area contributed by atoms with Crippen LogP contribution < -0.4 is 9.47 Å². The first-order valence-corrected chi connectivity index (χ1v) is 8.96. The predicted octanol–water partition coefficient (Wildman–Crippen LogP) is 3.76. The summed E-state index contributed by atoms with van der Waals surface area (Å²) in [6.07, 6.45) is -0.886. The molecule has 3 rings (SSSR count). The fourth-order valence-corrected chi connectivity index (χ4v) is 3.08. The predicted molar refractivity (Wildman–Crippen MR) is 101 cm³/mol. The van der Waals surface area contributed by atoms with Crippen molar-refractivity contribution in [2.45, 2.75) is 20.1 Å². The van der Waals surface area contributed by atoms with Crippen LogP contribution in [0.15, 0.2) is 46.0 Å². The van der Waals surface area contributed by atoms with Crippen molar-refractivity contribution in [2.75, 3.05) is 7.11 Å². The number of amides is 1. The topological polar surface area (TPSA) is 77.4 Å². The summed E-state index contributed by atoms with van der Waals surface area (Å²) in [4.78, 5) is 23.6. The number of rotatable bonds is 4. The van der Waals surface area contributed by atoms with Crippen LogP contribution in [0, 0.1) is 5.82 Å². The molecule has 0 bridgehead atoms. The van der Waals surface area contributed by atoms with Crippen molar-refractivity contribution in [2.24, 2.45) is 5.10 Å². The van der Waals surface area contributed by atoms with Gasteiger partial charge in [-0.1, -0.05) is 28.1 Å². The molecule has 146 valence electrons. The van der Waals surface area contributed by atoms with Crippen LogP contribution in [0.3, 0.4) is 0 Å². The molecule has 28 heavy (non-hydrogen) atoms. The van der Waals surface area contributed by atoms with E-state index in [-0.39, 0.29) is 23.3 Å². The fourth-order valence-electron chi connectivity index (χ4n) is 2.65. The minimum Gasteiger partial charge on any atom is -0.493 e. The Labute approximate surface area is 168 Å². The minimum absolute atomic E-state index is 0.0559. The molecule has 1 aliphatic heterocycles. The van der Waals surface area contributed by atoms with Gasteiger partial charge >= 0.3 is 5.97 Å². The monoisotopic (exact) mass is 450 g/mol. The molecule has 2 aromatic carbocycles. The van der Waals surface area contributed by atoms with Crippen LogP contribution in [-0.4, -0.2) is 29.9 Å². The Kier molecular flexibility index (Phi) is 5.64. The van der Waals surface area contributed by atoms with Crippen LogP contribution >= 0.6 is 15.9 Å². The van der Waals surface area contributed by atoms with Gasteiger partial charge in [0, 0.05) is 23.9 Å². The van der Waals surface area contributed by atoms with Gasteiger partial charge < -0.3 is 14.2 Å². The van der Waals surface area contributed by atoms with Gasteiger partial charge in [0.15, 0.2) is 11.5 Å². The number of carbonyl (C=O) groups excluding carboxylic acids is 2. The summed E-state index contributed by atoms with van der Waals surface area (Å²) in [7, 11) is 1.43. The summed E-state index contributed by atoms with van der Waals surface area (Å²) >= 11 is 3.36. The van der Waals surface area contributed by atoms with Gasteiger partial charge in [-0.05, 0) is 24.3 Å². The third kappa shape index (κ3) is 3.99. The van der Waals surface area contributed by atoms with E-state index in [1.807, 2.05) is 0 Å². The second-order valence-corrected chi connectivity index (χ2v) is 6.78. The molecule has 1 amide bonds. The Morgan fingerprint density at radius 3 is 2.46 bits per heavy atom. The summed E-state index contributed by atoms with van der Waals surface area (Å²) in [5, 5.41) is 5.37. The Bertz CT molecular complexity index is 962. The number of hydrazone groups is 1. The molecule has 1 heterocycles. The molecule has 0 aromatic heterocycles. The Morgan fingerprint density at radius 2 is 1.89 bits per heavy atom. The van der Waals surface area contributed by atoms with E-state index in [9.17, 15) is 14.0 Å². The maximum atomic E-state index is 13.3. The molecule has 7 nitrogen and oxygen atoms in total. The van der Waals surface area contributed by atoms with Gasteiger partial charge in [-0.2, -0.15) is 5.01 Å². The van der Waals surface area contributed by atoms with Crippen molar-refractivity contribution in [3.8, 4) is 11.5 Å². The molecule has 1 unspecified atom stereocenters. The second-order valence-electron chi connectivity index (χ2n) is 5.87. The van der Waals surface area contributed by atoms with Gasteiger partial charge in [0.1, 0.15) is 5.82 Å². The molecule has 0 fully saturated rings. The average molecular weight is 451 g/mol. The van der Waals surface area contributed by atoms with Gasteiger partial charge in [0.05, 0.1) is 12.7 Å². The molecule has 9 heteroatoms. The smallest absolute Gasteiger partial charge is 0.308 e. The molecule has 0 saturated carbocycles. The van der Waals surface area contributed by atoms with Gasteiger partial charge in [-0.3, -0.25) is 9.59 Å². The highest BCUT2D eigenvalue weighted by atomic mass is 79.9. The lowest BCUT2D eigenvalue weighted by molar-refractivity contribution is -0.135. The first-order valence-electron chi connectivity index (χ1n) is 8.17. The highest BCUT2D eigenvalue weighted by Crippen LogP contribution is 2.39. The van der Waals surface area contributed by atoms with E-state index in [1.54, 1.807) is 12.1 Å². The van der Waals surface area contributed by atoms with Gasteiger partial charge in [-0.15, -0.1) is 5.10 Å². The molecule has 0 saturated heterocycles. The molecule has 0 aliphatic carbocycles. The number of carbonyl (C=O) groups is 2. The molecular weight excluding hydrogens is 435 g/mol.